The van der Waals surface area contributed by atoms with Crippen LogP contribution in [0.3, 0.4) is 0 Å². The quantitative estimate of drug-likeness (QED) is 0.691. The molecule has 110 valence electrons. The van der Waals surface area contributed by atoms with E-state index in [1.807, 2.05) is 0 Å². The lowest BCUT2D eigenvalue weighted by Crippen LogP contribution is -2.21. The molecule has 0 saturated heterocycles. The molecule has 0 aliphatic carbocycles. The minimum absolute atomic E-state index is 0.0433. The first-order valence-corrected chi connectivity index (χ1v) is 7.68. The molecule has 0 saturated carbocycles. The van der Waals surface area contributed by atoms with Gasteiger partial charge in [-0.15, -0.1) is 0 Å². The van der Waals surface area contributed by atoms with Crippen LogP contribution in [0.4, 0.5) is 0 Å². The zero-order chi connectivity index (χ0) is 14.5. The van der Waals surface area contributed by atoms with Gasteiger partial charge in [-0.3, -0.25) is 0 Å². The van der Waals surface area contributed by atoms with Gasteiger partial charge in [-0.1, -0.05) is 0 Å². The molecule has 0 amide bonds. The second-order valence-electron chi connectivity index (χ2n) is 4.68. The van der Waals surface area contributed by atoms with E-state index in [0.29, 0.717) is 12.3 Å². The highest BCUT2D eigenvalue weighted by molar-refractivity contribution is 7.88. The Balaban J connectivity index is 2.44. The van der Waals surface area contributed by atoms with Crippen molar-refractivity contribution < 1.29 is 17.9 Å². The fourth-order valence-electron chi connectivity index (χ4n) is 1.51. The fraction of sp³-hybridized carbons (Fsp3) is 0.667. The van der Waals surface area contributed by atoms with Crippen molar-refractivity contribution in [3.8, 4) is 0 Å². The zero-order valence-electron chi connectivity index (χ0n) is 11.6. The smallest absolute Gasteiger partial charge is 0.275 e. The highest BCUT2D eigenvalue weighted by Gasteiger charge is 2.21. The molecule has 0 aromatic carbocycles. The largest absolute Gasteiger partial charge is 0.447 e. The molecular formula is C12H22N2O4S. The molecule has 1 aromatic rings. The van der Waals surface area contributed by atoms with Gasteiger partial charge in [0.25, 0.3) is 10.0 Å². The Labute approximate surface area is 114 Å². The van der Waals surface area contributed by atoms with Gasteiger partial charge in [0.1, 0.15) is 5.76 Å². The zero-order valence-corrected chi connectivity index (χ0v) is 12.4. The van der Waals surface area contributed by atoms with Crippen LogP contribution in [0, 0.1) is 0 Å². The Kier molecular flexibility index (Phi) is 5.99. The Bertz CT molecular complexity index is 480. The maximum atomic E-state index is 11.8. The average Bonchev–Trinajstić information content (AvgIpc) is 2.77. The maximum absolute atomic E-state index is 11.8. The first-order valence-electron chi connectivity index (χ1n) is 6.24. The van der Waals surface area contributed by atoms with Crippen molar-refractivity contribution in [2.45, 2.75) is 37.5 Å². The summed E-state index contributed by atoms with van der Waals surface area (Å²) in [6.45, 7) is 2.98. The van der Waals surface area contributed by atoms with Gasteiger partial charge in [0.2, 0.25) is 5.09 Å². The molecule has 1 heterocycles. The number of nitrogens with zero attached hydrogens (tertiary/aromatic N) is 1. The lowest BCUT2D eigenvalue weighted by Gasteiger charge is -2.08. The number of nitrogens with one attached hydrogen (secondary N) is 1. The lowest BCUT2D eigenvalue weighted by atomic mass is 10.2. The number of aliphatic hydroxyl groups excluding tert-OH is 1. The number of rotatable bonds is 8. The van der Waals surface area contributed by atoms with Gasteiger partial charge in [-0.05, 0) is 38.4 Å². The summed E-state index contributed by atoms with van der Waals surface area (Å²) in [5.74, 6) is 0.581. The van der Waals surface area contributed by atoms with Crippen LogP contribution in [0.15, 0.2) is 21.6 Å². The minimum Gasteiger partial charge on any atom is -0.447 e. The summed E-state index contributed by atoms with van der Waals surface area (Å²) in [6, 6.07) is 3.11. The molecule has 6 nitrogen and oxygen atoms in total. The van der Waals surface area contributed by atoms with E-state index >= 15 is 0 Å². The van der Waals surface area contributed by atoms with Crippen LogP contribution in [0.1, 0.15) is 25.5 Å². The van der Waals surface area contributed by atoms with Crippen molar-refractivity contribution in [1.29, 1.82) is 0 Å². The van der Waals surface area contributed by atoms with Gasteiger partial charge in [0.15, 0.2) is 0 Å². The summed E-state index contributed by atoms with van der Waals surface area (Å²) < 4.78 is 30.0. The van der Waals surface area contributed by atoms with E-state index in [1.165, 1.54) is 20.2 Å². The molecule has 0 aliphatic rings. The van der Waals surface area contributed by atoms with E-state index < -0.39 is 10.0 Å². The molecule has 1 atom stereocenters. The molecule has 0 radical (unpaired) electrons. The van der Waals surface area contributed by atoms with Crippen LogP contribution in [0.2, 0.25) is 0 Å². The highest BCUT2D eigenvalue weighted by Crippen LogP contribution is 2.16. The lowest BCUT2D eigenvalue weighted by molar-refractivity contribution is 0.181. The number of furan rings is 1. The van der Waals surface area contributed by atoms with Gasteiger partial charge in [0, 0.05) is 14.1 Å². The van der Waals surface area contributed by atoms with Gasteiger partial charge < -0.3 is 14.8 Å². The van der Waals surface area contributed by atoms with Crippen LogP contribution < -0.4 is 5.32 Å². The normalized spacial score (nSPS) is 13.9. The topological polar surface area (TPSA) is 82.8 Å². The van der Waals surface area contributed by atoms with E-state index in [0.717, 1.165) is 23.7 Å². The Morgan fingerprint density at radius 3 is 2.68 bits per heavy atom. The standard InChI is InChI=1S/C12H22N2O4S/c1-10(15)5-4-8-13-9-11-6-7-12(18-11)19(16,17)14(2)3/h6-7,10,13,15H,4-5,8-9H2,1-3H3. The molecular weight excluding hydrogens is 268 g/mol. The van der Waals surface area contributed by atoms with Crippen molar-refractivity contribution in [2.75, 3.05) is 20.6 Å². The second kappa shape index (κ2) is 7.04. The highest BCUT2D eigenvalue weighted by atomic mass is 32.2. The molecule has 0 bridgehead atoms. The van der Waals surface area contributed by atoms with Crippen molar-refractivity contribution in [3.63, 3.8) is 0 Å². The van der Waals surface area contributed by atoms with Gasteiger partial charge in [-0.2, -0.15) is 0 Å². The van der Waals surface area contributed by atoms with Crippen LogP contribution in [0.25, 0.3) is 0 Å². The summed E-state index contributed by atoms with van der Waals surface area (Å²) in [4.78, 5) is 0. The molecule has 1 unspecified atom stereocenters. The van der Waals surface area contributed by atoms with Gasteiger partial charge in [-0.25, -0.2) is 12.7 Å². The third-order valence-corrected chi connectivity index (χ3v) is 4.34. The Morgan fingerprint density at radius 1 is 1.42 bits per heavy atom. The van der Waals surface area contributed by atoms with E-state index in [-0.39, 0.29) is 11.2 Å². The van der Waals surface area contributed by atoms with Gasteiger partial charge in [0.05, 0.1) is 12.6 Å². The van der Waals surface area contributed by atoms with E-state index in [4.69, 9.17) is 9.52 Å². The molecule has 2 N–H and O–H groups in total. The van der Waals surface area contributed by atoms with E-state index in [1.54, 1.807) is 13.0 Å². The van der Waals surface area contributed by atoms with Crippen LogP contribution >= 0.6 is 0 Å². The van der Waals surface area contributed by atoms with E-state index in [9.17, 15) is 8.42 Å². The van der Waals surface area contributed by atoms with Gasteiger partial charge >= 0.3 is 0 Å². The molecule has 0 fully saturated rings. The second-order valence-corrected chi connectivity index (χ2v) is 6.76. The number of aliphatic hydroxyl groups is 1. The molecule has 0 aliphatic heterocycles. The third kappa shape index (κ3) is 4.94. The van der Waals surface area contributed by atoms with Crippen molar-refractivity contribution >= 4 is 10.0 Å². The summed E-state index contributed by atoms with van der Waals surface area (Å²) in [6.07, 6.45) is 1.31. The SMILES string of the molecule is CC(O)CCCNCc1ccc(S(=O)(=O)N(C)C)o1. The number of hydrogen-bond acceptors (Lipinski definition) is 5. The first kappa shape index (κ1) is 16.2. The third-order valence-electron chi connectivity index (χ3n) is 2.65. The summed E-state index contributed by atoms with van der Waals surface area (Å²) in [7, 11) is -0.568. The predicted octanol–water partition coefficient (Wildman–Crippen LogP) is 0.780. The average molecular weight is 290 g/mol. The molecule has 1 aromatic heterocycles. The summed E-state index contributed by atoms with van der Waals surface area (Å²) in [5.41, 5.74) is 0. The van der Waals surface area contributed by atoms with Crippen LogP contribution in [0.5, 0.6) is 0 Å². The van der Waals surface area contributed by atoms with Crippen LogP contribution in [-0.4, -0.2) is 44.6 Å². The van der Waals surface area contributed by atoms with Crippen molar-refractivity contribution in [2.24, 2.45) is 0 Å². The van der Waals surface area contributed by atoms with E-state index in [2.05, 4.69) is 5.32 Å². The molecule has 0 spiro atoms. The number of hydrogen-bond donors (Lipinski definition) is 2. The molecule has 7 heteroatoms. The van der Waals surface area contributed by atoms with Crippen molar-refractivity contribution in [3.05, 3.63) is 17.9 Å². The first-order chi connectivity index (χ1) is 8.84. The monoisotopic (exact) mass is 290 g/mol. The number of sulfonamides is 1. The molecule has 1 rings (SSSR count). The Morgan fingerprint density at radius 2 is 2.11 bits per heavy atom. The Hall–Kier alpha value is -0.890. The minimum atomic E-state index is -3.50. The fourth-order valence-corrected chi connectivity index (χ4v) is 2.32. The van der Waals surface area contributed by atoms with Crippen molar-refractivity contribution in [1.82, 2.24) is 9.62 Å². The summed E-state index contributed by atoms with van der Waals surface area (Å²) in [5, 5.41) is 12.2. The predicted molar refractivity (Wildman–Crippen MR) is 72.2 cm³/mol. The summed E-state index contributed by atoms with van der Waals surface area (Å²) >= 11 is 0. The molecule has 19 heavy (non-hydrogen) atoms. The van der Waals surface area contributed by atoms with Crippen LogP contribution in [-0.2, 0) is 16.6 Å². The maximum Gasteiger partial charge on any atom is 0.275 e.